The largest absolute Gasteiger partial charge is 0.296 e. The van der Waals surface area contributed by atoms with Crippen LogP contribution in [0.1, 0.15) is 16.1 Å². The summed E-state index contributed by atoms with van der Waals surface area (Å²) in [4.78, 5) is 11.2. The molecular formula is C16H13N3O. The van der Waals surface area contributed by atoms with E-state index < -0.39 is 0 Å². The van der Waals surface area contributed by atoms with Gasteiger partial charge in [0.15, 0.2) is 12.0 Å². The fourth-order valence-electron chi connectivity index (χ4n) is 2.10. The van der Waals surface area contributed by atoms with Crippen LogP contribution in [0.5, 0.6) is 0 Å². The Morgan fingerprint density at radius 3 is 2.35 bits per heavy atom. The first-order valence-corrected chi connectivity index (χ1v) is 6.33. The Morgan fingerprint density at radius 1 is 1.00 bits per heavy atom. The lowest BCUT2D eigenvalue weighted by Crippen LogP contribution is -1.99. The number of aromatic nitrogens is 3. The molecule has 1 aromatic heterocycles. The molecule has 0 saturated heterocycles. The molecule has 0 radical (unpaired) electrons. The molecule has 0 aliphatic heterocycles. The number of carbonyl (C=O) groups excluding carboxylic acids is 1. The summed E-state index contributed by atoms with van der Waals surface area (Å²) < 4.78 is 1.69. The first-order chi connectivity index (χ1) is 9.79. The average molecular weight is 263 g/mol. The first-order valence-electron chi connectivity index (χ1n) is 6.33. The fourth-order valence-corrected chi connectivity index (χ4v) is 2.10. The molecule has 0 aliphatic carbocycles. The third-order valence-corrected chi connectivity index (χ3v) is 3.13. The van der Waals surface area contributed by atoms with E-state index in [9.17, 15) is 4.79 Å². The predicted octanol–water partition coefficient (Wildman–Crippen LogP) is 3.06. The van der Waals surface area contributed by atoms with E-state index in [-0.39, 0.29) is 0 Å². The molecule has 0 amide bonds. The molecule has 3 aromatic rings. The molecule has 0 saturated carbocycles. The Kier molecular flexibility index (Phi) is 3.13. The van der Waals surface area contributed by atoms with Crippen LogP contribution in [-0.2, 0) is 0 Å². The second kappa shape index (κ2) is 5.09. The summed E-state index contributed by atoms with van der Waals surface area (Å²) in [6.45, 7) is 2.02. The second-order valence-electron chi connectivity index (χ2n) is 4.55. The van der Waals surface area contributed by atoms with Crippen molar-refractivity contribution >= 4 is 6.29 Å². The van der Waals surface area contributed by atoms with Gasteiger partial charge in [-0.05, 0) is 19.1 Å². The quantitative estimate of drug-likeness (QED) is 0.682. The number of hydrogen-bond acceptors (Lipinski definition) is 3. The van der Waals surface area contributed by atoms with Crippen molar-refractivity contribution in [1.29, 1.82) is 0 Å². The smallest absolute Gasteiger partial charge is 0.172 e. The maximum absolute atomic E-state index is 11.2. The van der Waals surface area contributed by atoms with Gasteiger partial charge in [-0.2, -0.15) is 0 Å². The number of benzene rings is 2. The molecule has 3 rings (SSSR count). The van der Waals surface area contributed by atoms with E-state index in [4.69, 9.17) is 0 Å². The molecular weight excluding hydrogens is 250 g/mol. The van der Waals surface area contributed by atoms with Gasteiger partial charge in [-0.3, -0.25) is 4.79 Å². The first kappa shape index (κ1) is 12.3. The number of carbonyl (C=O) groups is 1. The molecule has 0 N–H and O–H groups in total. The molecule has 0 fully saturated rings. The van der Waals surface area contributed by atoms with Crippen LogP contribution in [0.3, 0.4) is 0 Å². The molecule has 20 heavy (non-hydrogen) atoms. The Balaban J connectivity index is 2.20. The average Bonchev–Trinajstić information content (AvgIpc) is 2.93. The maximum atomic E-state index is 11.2. The van der Waals surface area contributed by atoms with Gasteiger partial charge in [-0.25, -0.2) is 4.68 Å². The standard InChI is InChI=1S/C16H13N3O/c1-12-7-9-13(10-8-12)16-15(11-20)17-18-19(16)14-5-3-2-4-6-14/h2-11H,1H3. The van der Waals surface area contributed by atoms with Crippen LogP contribution in [-0.4, -0.2) is 21.3 Å². The van der Waals surface area contributed by atoms with Crippen LogP contribution >= 0.6 is 0 Å². The summed E-state index contributed by atoms with van der Waals surface area (Å²) in [7, 11) is 0. The number of aryl methyl sites for hydroxylation is 1. The van der Waals surface area contributed by atoms with E-state index in [0.29, 0.717) is 11.4 Å². The number of nitrogens with zero attached hydrogens (tertiary/aromatic N) is 3. The molecule has 0 unspecified atom stereocenters. The highest BCUT2D eigenvalue weighted by Gasteiger charge is 2.15. The van der Waals surface area contributed by atoms with Crippen LogP contribution in [0, 0.1) is 6.92 Å². The van der Waals surface area contributed by atoms with Gasteiger partial charge in [-0.1, -0.05) is 53.2 Å². The van der Waals surface area contributed by atoms with Gasteiger partial charge in [-0.15, -0.1) is 5.10 Å². The number of rotatable bonds is 3. The Morgan fingerprint density at radius 2 is 1.70 bits per heavy atom. The van der Waals surface area contributed by atoms with Crippen LogP contribution in [0.25, 0.3) is 16.9 Å². The summed E-state index contributed by atoms with van der Waals surface area (Å²) in [5, 5.41) is 8.05. The topological polar surface area (TPSA) is 47.8 Å². The van der Waals surface area contributed by atoms with Gasteiger partial charge in [0.2, 0.25) is 0 Å². The molecule has 2 aromatic carbocycles. The molecule has 0 atom stereocenters. The Hall–Kier alpha value is -2.75. The summed E-state index contributed by atoms with van der Waals surface area (Å²) >= 11 is 0. The van der Waals surface area contributed by atoms with E-state index in [2.05, 4.69) is 10.3 Å². The number of aldehydes is 1. The van der Waals surface area contributed by atoms with E-state index in [0.717, 1.165) is 17.5 Å². The molecule has 4 nitrogen and oxygen atoms in total. The van der Waals surface area contributed by atoms with Crippen LogP contribution < -0.4 is 0 Å². The second-order valence-corrected chi connectivity index (χ2v) is 4.55. The minimum absolute atomic E-state index is 0.345. The van der Waals surface area contributed by atoms with E-state index in [1.807, 2.05) is 61.5 Å². The molecule has 0 spiro atoms. The van der Waals surface area contributed by atoms with Crippen LogP contribution in [0.4, 0.5) is 0 Å². The summed E-state index contributed by atoms with van der Waals surface area (Å²) in [5.74, 6) is 0. The van der Waals surface area contributed by atoms with Crippen molar-refractivity contribution in [1.82, 2.24) is 15.0 Å². The number of para-hydroxylation sites is 1. The Bertz CT molecular complexity index is 730. The summed E-state index contributed by atoms with van der Waals surface area (Å²) in [5.41, 5.74) is 4.03. The van der Waals surface area contributed by atoms with Crippen LogP contribution in [0.15, 0.2) is 54.6 Å². The van der Waals surface area contributed by atoms with Gasteiger partial charge >= 0.3 is 0 Å². The molecule has 98 valence electrons. The lowest BCUT2D eigenvalue weighted by atomic mass is 10.1. The molecule has 1 heterocycles. The minimum atomic E-state index is 0.345. The van der Waals surface area contributed by atoms with Crippen molar-refractivity contribution in [2.75, 3.05) is 0 Å². The van der Waals surface area contributed by atoms with Gasteiger partial charge in [0, 0.05) is 5.56 Å². The maximum Gasteiger partial charge on any atom is 0.172 e. The zero-order valence-corrected chi connectivity index (χ0v) is 11.0. The zero-order valence-electron chi connectivity index (χ0n) is 11.0. The fraction of sp³-hybridized carbons (Fsp3) is 0.0625. The molecule has 0 aliphatic rings. The van der Waals surface area contributed by atoms with E-state index >= 15 is 0 Å². The van der Waals surface area contributed by atoms with Crippen molar-refractivity contribution < 1.29 is 4.79 Å². The van der Waals surface area contributed by atoms with Crippen molar-refractivity contribution in [2.24, 2.45) is 0 Å². The SMILES string of the molecule is Cc1ccc(-c2c(C=O)nnn2-c2ccccc2)cc1. The van der Waals surface area contributed by atoms with Gasteiger partial charge < -0.3 is 0 Å². The van der Waals surface area contributed by atoms with Crippen molar-refractivity contribution in [3.8, 4) is 16.9 Å². The monoisotopic (exact) mass is 263 g/mol. The molecule has 0 bridgehead atoms. The van der Waals surface area contributed by atoms with Crippen molar-refractivity contribution in [2.45, 2.75) is 6.92 Å². The molecule has 4 heteroatoms. The highest BCUT2D eigenvalue weighted by atomic mass is 16.1. The van der Waals surface area contributed by atoms with Gasteiger partial charge in [0.1, 0.15) is 5.69 Å². The lowest BCUT2D eigenvalue weighted by molar-refractivity contribution is 0.111. The van der Waals surface area contributed by atoms with Crippen molar-refractivity contribution in [3.63, 3.8) is 0 Å². The number of hydrogen-bond donors (Lipinski definition) is 0. The summed E-state index contributed by atoms with van der Waals surface area (Å²) in [6.07, 6.45) is 0.738. The van der Waals surface area contributed by atoms with E-state index in [1.165, 1.54) is 5.56 Å². The summed E-state index contributed by atoms with van der Waals surface area (Å²) in [6, 6.07) is 17.6. The van der Waals surface area contributed by atoms with E-state index in [1.54, 1.807) is 4.68 Å². The predicted molar refractivity (Wildman–Crippen MR) is 76.9 cm³/mol. The highest BCUT2D eigenvalue weighted by Crippen LogP contribution is 2.24. The normalized spacial score (nSPS) is 10.4. The third-order valence-electron chi connectivity index (χ3n) is 3.13. The van der Waals surface area contributed by atoms with Crippen LogP contribution in [0.2, 0.25) is 0 Å². The third kappa shape index (κ3) is 2.12. The lowest BCUT2D eigenvalue weighted by Gasteiger charge is -2.07. The van der Waals surface area contributed by atoms with Gasteiger partial charge in [0.05, 0.1) is 5.69 Å². The zero-order chi connectivity index (χ0) is 13.9. The minimum Gasteiger partial charge on any atom is -0.296 e. The highest BCUT2D eigenvalue weighted by molar-refractivity contribution is 5.84. The Labute approximate surface area is 116 Å². The van der Waals surface area contributed by atoms with Crippen molar-refractivity contribution in [3.05, 3.63) is 65.9 Å². The van der Waals surface area contributed by atoms with Gasteiger partial charge in [0.25, 0.3) is 0 Å².